The van der Waals surface area contributed by atoms with Crippen molar-refractivity contribution in [2.24, 2.45) is 5.73 Å². The normalized spacial score (nSPS) is 16.0. The zero-order valence-electron chi connectivity index (χ0n) is 13.6. The fourth-order valence-electron chi connectivity index (χ4n) is 2.84. The van der Waals surface area contributed by atoms with Crippen LogP contribution in [0.15, 0.2) is 24.3 Å². The average Bonchev–Trinajstić information content (AvgIpc) is 2.54. The lowest BCUT2D eigenvalue weighted by Gasteiger charge is -2.31. The Labute approximate surface area is 137 Å². The van der Waals surface area contributed by atoms with Crippen molar-refractivity contribution < 1.29 is 14.3 Å². The Bertz CT molecular complexity index is 540. The van der Waals surface area contributed by atoms with Gasteiger partial charge in [0.25, 0.3) is 0 Å². The van der Waals surface area contributed by atoms with Crippen LogP contribution in [0.25, 0.3) is 0 Å². The van der Waals surface area contributed by atoms with Crippen molar-refractivity contribution in [2.75, 3.05) is 26.7 Å². The van der Waals surface area contributed by atoms with E-state index in [1.165, 1.54) is 0 Å². The van der Waals surface area contributed by atoms with Crippen LogP contribution < -0.4 is 15.8 Å². The van der Waals surface area contributed by atoms with Crippen LogP contribution in [0, 0.1) is 0 Å². The third-order valence-corrected chi connectivity index (χ3v) is 4.11. The average molecular weight is 319 g/mol. The van der Waals surface area contributed by atoms with E-state index in [4.69, 9.17) is 10.5 Å². The third-order valence-electron chi connectivity index (χ3n) is 4.11. The minimum absolute atomic E-state index is 0.0705. The predicted octanol–water partition coefficient (Wildman–Crippen LogP) is 0.694. The van der Waals surface area contributed by atoms with Gasteiger partial charge in [-0.05, 0) is 37.0 Å². The smallest absolute Gasteiger partial charge is 0.231 e. The lowest BCUT2D eigenvalue weighted by Crippen LogP contribution is -2.46. The molecule has 1 fully saturated rings. The summed E-state index contributed by atoms with van der Waals surface area (Å²) < 4.78 is 5.18. The molecule has 0 spiro atoms. The largest absolute Gasteiger partial charge is 0.497 e. The van der Waals surface area contributed by atoms with Crippen LogP contribution >= 0.6 is 0 Å². The topological polar surface area (TPSA) is 84.7 Å². The molecule has 2 amide bonds. The molecule has 1 aromatic rings. The number of ether oxygens (including phenoxy) is 1. The standard InChI is InChI=1S/C17H25N3O3/c1-23-15-4-2-3-13(11-15)5-6-17(22)19-14-7-9-20(10-8-14)12-16(18)21/h2-4,11,14H,5-10,12H2,1H3,(H2,18,21)(H,19,22). The first-order valence-corrected chi connectivity index (χ1v) is 8.00. The van der Waals surface area contributed by atoms with Gasteiger partial charge in [-0.3, -0.25) is 14.5 Å². The van der Waals surface area contributed by atoms with Gasteiger partial charge in [0.15, 0.2) is 0 Å². The fourth-order valence-corrected chi connectivity index (χ4v) is 2.84. The highest BCUT2D eigenvalue weighted by Crippen LogP contribution is 2.14. The number of amides is 2. The van der Waals surface area contributed by atoms with Crippen LogP contribution in [-0.4, -0.2) is 49.5 Å². The Morgan fingerprint density at radius 2 is 2.09 bits per heavy atom. The van der Waals surface area contributed by atoms with E-state index >= 15 is 0 Å². The minimum atomic E-state index is -0.300. The molecule has 1 heterocycles. The molecule has 2 rings (SSSR count). The number of nitrogens with two attached hydrogens (primary N) is 1. The molecule has 1 aliphatic rings. The highest BCUT2D eigenvalue weighted by molar-refractivity contribution is 5.76. The molecule has 1 saturated heterocycles. The second kappa shape index (κ2) is 8.53. The Hall–Kier alpha value is -2.08. The van der Waals surface area contributed by atoms with Gasteiger partial charge < -0.3 is 15.8 Å². The molecule has 0 aromatic heterocycles. The van der Waals surface area contributed by atoms with Crippen molar-refractivity contribution in [3.8, 4) is 5.75 Å². The number of carbonyl (C=O) groups excluding carboxylic acids is 2. The number of nitrogens with one attached hydrogen (secondary N) is 1. The minimum Gasteiger partial charge on any atom is -0.497 e. The first kappa shape index (κ1) is 17.3. The fraction of sp³-hybridized carbons (Fsp3) is 0.529. The number of nitrogens with zero attached hydrogens (tertiary/aromatic N) is 1. The molecular formula is C17H25N3O3. The molecule has 0 bridgehead atoms. The van der Waals surface area contributed by atoms with Crippen LogP contribution in [0.3, 0.4) is 0 Å². The number of hydrogen-bond donors (Lipinski definition) is 2. The first-order chi connectivity index (χ1) is 11.1. The molecule has 1 aliphatic heterocycles. The van der Waals surface area contributed by atoms with Crippen molar-refractivity contribution in [1.29, 1.82) is 0 Å². The molecule has 0 atom stereocenters. The van der Waals surface area contributed by atoms with Crippen molar-refractivity contribution in [3.05, 3.63) is 29.8 Å². The number of hydrogen-bond acceptors (Lipinski definition) is 4. The van der Waals surface area contributed by atoms with Crippen LogP contribution in [0.4, 0.5) is 0 Å². The summed E-state index contributed by atoms with van der Waals surface area (Å²) in [6.07, 6.45) is 2.88. The maximum Gasteiger partial charge on any atom is 0.231 e. The van der Waals surface area contributed by atoms with Gasteiger partial charge in [0.1, 0.15) is 5.75 Å². The van der Waals surface area contributed by atoms with E-state index in [1.807, 2.05) is 29.2 Å². The lowest BCUT2D eigenvalue weighted by molar-refractivity contribution is -0.123. The number of benzene rings is 1. The van der Waals surface area contributed by atoms with Crippen LogP contribution in [0.1, 0.15) is 24.8 Å². The van der Waals surface area contributed by atoms with Gasteiger partial charge in [-0.25, -0.2) is 0 Å². The Morgan fingerprint density at radius 3 is 2.74 bits per heavy atom. The van der Waals surface area contributed by atoms with Gasteiger partial charge in [0.2, 0.25) is 11.8 Å². The number of carbonyl (C=O) groups is 2. The Morgan fingerprint density at radius 1 is 1.35 bits per heavy atom. The summed E-state index contributed by atoms with van der Waals surface area (Å²) in [6.45, 7) is 1.89. The van der Waals surface area contributed by atoms with E-state index < -0.39 is 0 Å². The zero-order chi connectivity index (χ0) is 16.7. The van der Waals surface area contributed by atoms with Crippen molar-refractivity contribution in [3.63, 3.8) is 0 Å². The SMILES string of the molecule is COc1cccc(CCC(=O)NC2CCN(CC(N)=O)CC2)c1. The van der Waals surface area contributed by atoms with E-state index in [0.717, 1.165) is 37.2 Å². The van der Waals surface area contributed by atoms with Gasteiger partial charge in [-0.1, -0.05) is 12.1 Å². The van der Waals surface area contributed by atoms with E-state index in [1.54, 1.807) is 7.11 Å². The van der Waals surface area contributed by atoms with Crippen molar-refractivity contribution in [2.45, 2.75) is 31.7 Å². The molecule has 23 heavy (non-hydrogen) atoms. The van der Waals surface area contributed by atoms with E-state index in [-0.39, 0.29) is 17.9 Å². The molecule has 0 unspecified atom stereocenters. The van der Waals surface area contributed by atoms with Crippen molar-refractivity contribution in [1.82, 2.24) is 10.2 Å². The van der Waals surface area contributed by atoms with Crippen LogP contribution in [-0.2, 0) is 16.0 Å². The maximum absolute atomic E-state index is 12.1. The number of rotatable bonds is 7. The maximum atomic E-state index is 12.1. The molecule has 1 aromatic carbocycles. The number of piperidine rings is 1. The zero-order valence-corrected chi connectivity index (χ0v) is 13.6. The number of primary amides is 1. The molecule has 0 saturated carbocycles. The summed E-state index contributed by atoms with van der Waals surface area (Å²) in [7, 11) is 1.64. The molecule has 126 valence electrons. The predicted molar refractivity (Wildman–Crippen MR) is 88.1 cm³/mol. The Kier molecular flexibility index (Phi) is 6.40. The van der Waals surface area contributed by atoms with Gasteiger partial charge in [0.05, 0.1) is 13.7 Å². The lowest BCUT2D eigenvalue weighted by atomic mass is 10.0. The Balaban J connectivity index is 1.70. The molecule has 0 aliphatic carbocycles. The molecule has 3 N–H and O–H groups in total. The second-order valence-electron chi connectivity index (χ2n) is 5.94. The summed E-state index contributed by atoms with van der Waals surface area (Å²) in [5.74, 6) is 0.580. The highest BCUT2D eigenvalue weighted by Gasteiger charge is 2.21. The molecular weight excluding hydrogens is 294 g/mol. The number of methoxy groups -OCH3 is 1. The quantitative estimate of drug-likeness (QED) is 0.774. The number of likely N-dealkylation sites (tertiary alicyclic amines) is 1. The van der Waals surface area contributed by atoms with E-state index in [0.29, 0.717) is 19.4 Å². The monoisotopic (exact) mass is 319 g/mol. The van der Waals surface area contributed by atoms with Crippen LogP contribution in [0.5, 0.6) is 5.75 Å². The third kappa shape index (κ3) is 5.90. The number of aryl methyl sites for hydroxylation is 1. The summed E-state index contributed by atoms with van der Waals surface area (Å²) in [5.41, 5.74) is 6.29. The second-order valence-corrected chi connectivity index (χ2v) is 5.94. The highest BCUT2D eigenvalue weighted by atomic mass is 16.5. The van der Waals surface area contributed by atoms with Crippen molar-refractivity contribution >= 4 is 11.8 Å². The molecule has 0 radical (unpaired) electrons. The summed E-state index contributed by atoms with van der Waals surface area (Å²) in [5, 5.41) is 3.08. The first-order valence-electron chi connectivity index (χ1n) is 8.00. The molecule has 6 heteroatoms. The van der Waals surface area contributed by atoms with E-state index in [2.05, 4.69) is 5.32 Å². The van der Waals surface area contributed by atoms with Gasteiger partial charge in [-0.15, -0.1) is 0 Å². The van der Waals surface area contributed by atoms with Gasteiger partial charge in [-0.2, -0.15) is 0 Å². The van der Waals surface area contributed by atoms with Crippen LogP contribution in [0.2, 0.25) is 0 Å². The summed E-state index contributed by atoms with van der Waals surface area (Å²) in [4.78, 5) is 25.0. The van der Waals surface area contributed by atoms with Gasteiger partial charge in [0, 0.05) is 25.6 Å². The van der Waals surface area contributed by atoms with Gasteiger partial charge >= 0.3 is 0 Å². The summed E-state index contributed by atoms with van der Waals surface area (Å²) >= 11 is 0. The van der Waals surface area contributed by atoms with E-state index in [9.17, 15) is 9.59 Å². The summed E-state index contributed by atoms with van der Waals surface area (Å²) in [6, 6.07) is 7.97. The molecule has 6 nitrogen and oxygen atoms in total.